The van der Waals surface area contributed by atoms with Crippen molar-refractivity contribution in [2.75, 3.05) is 5.75 Å². The van der Waals surface area contributed by atoms with Gasteiger partial charge in [-0.05, 0) is 23.8 Å². The number of nitrogens with zero attached hydrogens (tertiary/aromatic N) is 1. The quantitative estimate of drug-likeness (QED) is 0.790. The first kappa shape index (κ1) is 13.3. The maximum Gasteiger partial charge on any atom is 0.0964 e. The molecule has 106 valence electrons. The molecule has 1 aliphatic heterocycles. The lowest BCUT2D eigenvalue weighted by Gasteiger charge is -2.17. The second kappa shape index (κ2) is 5.44. The Morgan fingerprint density at radius 1 is 1.14 bits per heavy atom. The number of fused-ring (bicyclic) bond motifs is 2. The highest BCUT2D eigenvalue weighted by atomic mass is 32.2. The van der Waals surface area contributed by atoms with Crippen molar-refractivity contribution in [2.24, 2.45) is 0 Å². The Hall–Kier alpha value is -1.36. The topological polar surface area (TPSA) is 33.1 Å². The summed E-state index contributed by atoms with van der Waals surface area (Å²) < 4.78 is 1.20. The standard InChI is InChI=1S/C17H15NOS2/c19-14(12-10-20-15-7-3-1-5-11(12)15)9-17-18-13-6-2-4-8-16(13)21-17/h1-8,12,14,19H,9-10H2. The summed E-state index contributed by atoms with van der Waals surface area (Å²) in [4.78, 5) is 5.94. The van der Waals surface area contributed by atoms with E-state index in [1.54, 1.807) is 11.3 Å². The zero-order valence-electron chi connectivity index (χ0n) is 11.4. The summed E-state index contributed by atoms with van der Waals surface area (Å²) in [7, 11) is 0. The van der Waals surface area contributed by atoms with Gasteiger partial charge in [-0.2, -0.15) is 0 Å². The van der Waals surface area contributed by atoms with Gasteiger partial charge in [0, 0.05) is 23.0 Å². The number of aliphatic hydroxyl groups is 1. The van der Waals surface area contributed by atoms with Gasteiger partial charge in [0.25, 0.3) is 0 Å². The Kier molecular flexibility index (Phi) is 3.45. The van der Waals surface area contributed by atoms with E-state index in [1.807, 2.05) is 30.0 Å². The molecule has 0 saturated carbocycles. The molecule has 4 heteroatoms. The minimum Gasteiger partial charge on any atom is -0.392 e. The molecule has 0 aliphatic carbocycles. The Bertz CT molecular complexity index is 750. The minimum atomic E-state index is -0.360. The number of aromatic nitrogens is 1. The number of para-hydroxylation sites is 1. The van der Waals surface area contributed by atoms with Crippen molar-refractivity contribution in [1.29, 1.82) is 0 Å². The van der Waals surface area contributed by atoms with Gasteiger partial charge >= 0.3 is 0 Å². The van der Waals surface area contributed by atoms with Gasteiger partial charge in [0.15, 0.2) is 0 Å². The number of thiazole rings is 1. The van der Waals surface area contributed by atoms with Gasteiger partial charge in [-0.1, -0.05) is 30.3 Å². The van der Waals surface area contributed by atoms with Crippen LogP contribution in [0.25, 0.3) is 10.2 Å². The van der Waals surface area contributed by atoms with Gasteiger partial charge < -0.3 is 5.11 Å². The molecule has 1 N–H and O–H groups in total. The fraction of sp³-hybridized carbons (Fsp3) is 0.235. The van der Waals surface area contributed by atoms with Crippen molar-refractivity contribution in [2.45, 2.75) is 23.3 Å². The van der Waals surface area contributed by atoms with Gasteiger partial charge in [0.1, 0.15) is 0 Å². The molecule has 2 unspecified atom stereocenters. The molecule has 0 spiro atoms. The molecule has 0 amide bonds. The summed E-state index contributed by atoms with van der Waals surface area (Å²) in [6.45, 7) is 0. The van der Waals surface area contributed by atoms with Crippen LogP contribution in [-0.4, -0.2) is 21.9 Å². The van der Waals surface area contributed by atoms with Gasteiger partial charge in [-0.15, -0.1) is 23.1 Å². The summed E-state index contributed by atoms with van der Waals surface area (Å²) in [6, 6.07) is 16.6. The zero-order valence-corrected chi connectivity index (χ0v) is 13.0. The second-order valence-electron chi connectivity index (χ2n) is 5.30. The monoisotopic (exact) mass is 313 g/mol. The highest BCUT2D eigenvalue weighted by molar-refractivity contribution is 7.99. The third-order valence-corrected chi connectivity index (χ3v) is 6.19. The highest BCUT2D eigenvalue weighted by Gasteiger charge is 2.29. The van der Waals surface area contributed by atoms with Crippen molar-refractivity contribution in [1.82, 2.24) is 4.98 Å². The fourth-order valence-corrected chi connectivity index (χ4v) is 5.17. The van der Waals surface area contributed by atoms with E-state index in [0.29, 0.717) is 6.42 Å². The zero-order chi connectivity index (χ0) is 14.2. The lowest BCUT2D eigenvalue weighted by Crippen LogP contribution is -2.21. The van der Waals surface area contributed by atoms with E-state index in [9.17, 15) is 5.11 Å². The maximum atomic E-state index is 10.6. The Balaban J connectivity index is 1.57. The minimum absolute atomic E-state index is 0.221. The van der Waals surface area contributed by atoms with Crippen LogP contribution in [-0.2, 0) is 6.42 Å². The van der Waals surface area contributed by atoms with Crippen molar-refractivity contribution in [3.05, 3.63) is 59.1 Å². The highest BCUT2D eigenvalue weighted by Crippen LogP contribution is 2.41. The Morgan fingerprint density at radius 2 is 1.95 bits per heavy atom. The van der Waals surface area contributed by atoms with E-state index in [1.165, 1.54) is 15.2 Å². The normalized spacial score (nSPS) is 18.8. The van der Waals surface area contributed by atoms with Crippen LogP contribution >= 0.6 is 23.1 Å². The molecule has 2 nitrogen and oxygen atoms in total. The first-order chi connectivity index (χ1) is 10.3. The summed E-state index contributed by atoms with van der Waals surface area (Å²) >= 11 is 3.53. The third-order valence-electron chi connectivity index (χ3n) is 3.92. The molecule has 1 aliphatic rings. The van der Waals surface area contributed by atoms with Crippen LogP contribution in [0.4, 0.5) is 0 Å². The molecule has 0 fully saturated rings. The number of rotatable bonds is 3. The van der Waals surface area contributed by atoms with E-state index >= 15 is 0 Å². The van der Waals surface area contributed by atoms with E-state index in [-0.39, 0.29) is 12.0 Å². The number of aliphatic hydroxyl groups excluding tert-OH is 1. The van der Waals surface area contributed by atoms with Crippen molar-refractivity contribution in [3.8, 4) is 0 Å². The molecule has 2 heterocycles. The molecular weight excluding hydrogens is 298 g/mol. The van der Waals surface area contributed by atoms with Gasteiger partial charge in [-0.25, -0.2) is 4.98 Å². The Morgan fingerprint density at radius 3 is 2.86 bits per heavy atom. The predicted octanol–water partition coefficient (Wildman–Crippen LogP) is 4.09. The number of benzene rings is 2. The largest absolute Gasteiger partial charge is 0.392 e. The average Bonchev–Trinajstić information content (AvgIpc) is 3.10. The second-order valence-corrected chi connectivity index (χ2v) is 7.48. The summed E-state index contributed by atoms with van der Waals surface area (Å²) in [6.07, 6.45) is 0.278. The molecule has 21 heavy (non-hydrogen) atoms. The maximum absolute atomic E-state index is 10.6. The SMILES string of the molecule is OC(Cc1nc2ccccc2s1)C1CSc2ccccc21. The first-order valence-corrected chi connectivity index (χ1v) is 8.86. The molecule has 0 radical (unpaired) electrons. The van der Waals surface area contributed by atoms with Gasteiger partial charge in [0.2, 0.25) is 0 Å². The molecule has 3 aromatic rings. The first-order valence-electron chi connectivity index (χ1n) is 7.05. The van der Waals surface area contributed by atoms with E-state index in [2.05, 4.69) is 35.3 Å². The van der Waals surface area contributed by atoms with Crippen molar-refractivity contribution >= 4 is 33.3 Å². The van der Waals surface area contributed by atoms with Crippen molar-refractivity contribution in [3.63, 3.8) is 0 Å². The number of thioether (sulfide) groups is 1. The van der Waals surface area contributed by atoms with Gasteiger partial charge in [0.05, 0.1) is 21.3 Å². The summed E-state index contributed by atoms with van der Waals surface area (Å²) in [5, 5.41) is 11.7. The summed E-state index contributed by atoms with van der Waals surface area (Å²) in [5.41, 5.74) is 2.32. The van der Waals surface area contributed by atoms with Crippen LogP contribution in [0.2, 0.25) is 0 Å². The van der Waals surface area contributed by atoms with Gasteiger partial charge in [-0.3, -0.25) is 0 Å². The van der Waals surface area contributed by atoms with Crippen LogP contribution in [0.15, 0.2) is 53.4 Å². The van der Waals surface area contributed by atoms with E-state index in [0.717, 1.165) is 16.3 Å². The molecule has 2 aromatic carbocycles. The van der Waals surface area contributed by atoms with Crippen molar-refractivity contribution < 1.29 is 5.11 Å². The number of hydrogen-bond donors (Lipinski definition) is 1. The lowest BCUT2D eigenvalue weighted by molar-refractivity contribution is 0.151. The van der Waals surface area contributed by atoms with Crippen LogP contribution < -0.4 is 0 Å². The smallest absolute Gasteiger partial charge is 0.0964 e. The molecule has 0 bridgehead atoms. The molecule has 1 aromatic heterocycles. The van der Waals surface area contributed by atoms with E-state index in [4.69, 9.17) is 0 Å². The molecule has 4 rings (SSSR count). The Labute approximate surface area is 131 Å². The lowest BCUT2D eigenvalue weighted by atomic mass is 9.94. The molecule has 2 atom stereocenters. The predicted molar refractivity (Wildman–Crippen MR) is 89.2 cm³/mol. The average molecular weight is 313 g/mol. The van der Waals surface area contributed by atoms with Crippen LogP contribution in [0.3, 0.4) is 0 Å². The summed E-state index contributed by atoms with van der Waals surface area (Å²) in [5.74, 6) is 1.18. The van der Waals surface area contributed by atoms with Crippen LogP contribution in [0.1, 0.15) is 16.5 Å². The molecular formula is C17H15NOS2. The fourth-order valence-electron chi connectivity index (χ4n) is 2.83. The number of hydrogen-bond acceptors (Lipinski definition) is 4. The van der Waals surface area contributed by atoms with Crippen LogP contribution in [0, 0.1) is 0 Å². The van der Waals surface area contributed by atoms with E-state index < -0.39 is 0 Å². The third kappa shape index (κ3) is 2.48. The van der Waals surface area contributed by atoms with Crippen LogP contribution in [0.5, 0.6) is 0 Å². The molecule has 0 saturated heterocycles.